The van der Waals surface area contributed by atoms with E-state index in [1.807, 2.05) is 30.3 Å². The van der Waals surface area contributed by atoms with E-state index in [0.717, 1.165) is 4.90 Å². The highest BCUT2D eigenvalue weighted by Crippen LogP contribution is 2.17. The molecule has 8 heteroatoms. The van der Waals surface area contributed by atoms with Crippen molar-refractivity contribution in [3.8, 4) is 0 Å². The lowest BCUT2D eigenvalue weighted by Gasteiger charge is -2.11. The molecule has 2 aromatic carbocycles. The molecule has 0 fully saturated rings. The van der Waals surface area contributed by atoms with Crippen molar-refractivity contribution in [2.45, 2.75) is 24.8 Å². The lowest BCUT2D eigenvalue weighted by Crippen LogP contribution is -2.42. The van der Waals surface area contributed by atoms with E-state index in [9.17, 15) is 14.4 Å². The summed E-state index contributed by atoms with van der Waals surface area (Å²) in [6, 6.07) is 16.6. The van der Waals surface area contributed by atoms with Gasteiger partial charge in [-0.15, -0.1) is 11.8 Å². The smallest absolute Gasteiger partial charge is 0.273 e. The number of rotatable bonds is 6. The van der Waals surface area contributed by atoms with Gasteiger partial charge in [-0.3, -0.25) is 25.2 Å². The zero-order chi connectivity index (χ0) is 19.9. The van der Waals surface area contributed by atoms with Gasteiger partial charge in [0, 0.05) is 29.0 Å². The first kappa shape index (κ1) is 19.6. The molecule has 0 bridgehead atoms. The highest BCUT2D eigenvalue weighted by Gasteiger charge is 2.16. The van der Waals surface area contributed by atoms with Crippen LogP contribution in [0.25, 0.3) is 10.8 Å². The van der Waals surface area contributed by atoms with Gasteiger partial charge in [0.15, 0.2) is 5.69 Å². The first-order valence-electron chi connectivity index (χ1n) is 8.87. The van der Waals surface area contributed by atoms with Crippen molar-refractivity contribution >= 4 is 34.3 Å². The molecule has 7 nitrogen and oxygen atoms in total. The largest absolute Gasteiger partial charge is 0.290 e. The number of carbonyl (C=O) groups is 2. The summed E-state index contributed by atoms with van der Waals surface area (Å²) >= 11 is 1.56. The Balaban J connectivity index is 1.62. The SMILES string of the molecule is CCn1nc(C(=O)NNC(=O)CCSc2ccccc2)c2ccccc2c1=O. The van der Waals surface area contributed by atoms with Gasteiger partial charge in [-0.05, 0) is 25.1 Å². The molecular formula is C20H20N4O3S. The van der Waals surface area contributed by atoms with Crippen LogP contribution in [-0.4, -0.2) is 27.3 Å². The van der Waals surface area contributed by atoms with E-state index in [1.54, 1.807) is 43.0 Å². The molecule has 0 spiro atoms. The molecule has 0 unspecified atom stereocenters. The van der Waals surface area contributed by atoms with Crippen LogP contribution >= 0.6 is 11.8 Å². The van der Waals surface area contributed by atoms with Crippen LogP contribution in [0.5, 0.6) is 0 Å². The average Bonchev–Trinajstić information content (AvgIpc) is 2.73. The molecular weight excluding hydrogens is 376 g/mol. The van der Waals surface area contributed by atoms with E-state index >= 15 is 0 Å². The van der Waals surface area contributed by atoms with Crippen LogP contribution in [0, 0.1) is 0 Å². The average molecular weight is 396 g/mol. The van der Waals surface area contributed by atoms with E-state index in [-0.39, 0.29) is 23.6 Å². The number of hydrazine groups is 1. The van der Waals surface area contributed by atoms with Crippen molar-refractivity contribution in [3.05, 3.63) is 70.6 Å². The number of nitrogens with zero attached hydrogens (tertiary/aromatic N) is 2. The second-order valence-electron chi connectivity index (χ2n) is 5.93. The number of hydrogen-bond acceptors (Lipinski definition) is 5. The Labute approximate surface area is 166 Å². The highest BCUT2D eigenvalue weighted by atomic mass is 32.2. The topological polar surface area (TPSA) is 93.1 Å². The van der Waals surface area contributed by atoms with Gasteiger partial charge in [0.2, 0.25) is 5.91 Å². The first-order valence-corrected chi connectivity index (χ1v) is 9.85. The lowest BCUT2D eigenvalue weighted by molar-refractivity contribution is -0.121. The fourth-order valence-corrected chi connectivity index (χ4v) is 3.52. The lowest BCUT2D eigenvalue weighted by atomic mass is 10.1. The molecule has 2 amide bonds. The maximum absolute atomic E-state index is 12.5. The maximum atomic E-state index is 12.5. The summed E-state index contributed by atoms with van der Waals surface area (Å²) in [4.78, 5) is 37.9. The molecule has 1 heterocycles. The summed E-state index contributed by atoms with van der Waals surface area (Å²) < 4.78 is 1.23. The second-order valence-corrected chi connectivity index (χ2v) is 7.10. The van der Waals surface area contributed by atoms with Crippen molar-refractivity contribution < 1.29 is 9.59 Å². The molecule has 1 aromatic heterocycles. The first-order chi connectivity index (χ1) is 13.6. The Morgan fingerprint density at radius 2 is 1.68 bits per heavy atom. The molecule has 144 valence electrons. The van der Waals surface area contributed by atoms with Crippen LogP contribution in [0.4, 0.5) is 0 Å². The molecule has 0 saturated heterocycles. The zero-order valence-electron chi connectivity index (χ0n) is 15.3. The van der Waals surface area contributed by atoms with E-state index < -0.39 is 5.91 Å². The van der Waals surface area contributed by atoms with Crippen LogP contribution in [0.3, 0.4) is 0 Å². The third-order valence-corrected chi connectivity index (χ3v) is 5.05. The van der Waals surface area contributed by atoms with E-state index in [1.165, 1.54) is 4.68 Å². The van der Waals surface area contributed by atoms with Gasteiger partial charge in [0.05, 0.1) is 5.39 Å². The third kappa shape index (κ3) is 4.58. The van der Waals surface area contributed by atoms with Crippen molar-refractivity contribution in [2.75, 3.05) is 5.75 Å². The minimum atomic E-state index is -0.567. The predicted octanol–water partition coefficient (Wildman–Crippen LogP) is 2.36. The second kappa shape index (κ2) is 9.18. The predicted molar refractivity (Wildman–Crippen MR) is 109 cm³/mol. The van der Waals surface area contributed by atoms with Gasteiger partial charge in [0.1, 0.15) is 0 Å². The van der Waals surface area contributed by atoms with Gasteiger partial charge < -0.3 is 0 Å². The van der Waals surface area contributed by atoms with Crippen LogP contribution in [0.2, 0.25) is 0 Å². The maximum Gasteiger partial charge on any atom is 0.290 e. The Hall–Kier alpha value is -3.13. The Morgan fingerprint density at radius 3 is 2.39 bits per heavy atom. The third-order valence-electron chi connectivity index (χ3n) is 4.04. The molecule has 3 rings (SSSR count). The number of thioether (sulfide) groups is 1. The Morgan fingerprint density at radius 1 is 1.00 bits per heavy atom. The zero-order valence-corrected chi connectivity index (χ0v) is 16.2. The van der Waals surface area contributed by atoms with E-state index in [2.05, 4.69) is 16.0 Å². The van der Waals surface area contributed by atoms with Crippen LogP contribution in [0.1, 0.15) is 23.8 Å². The number of hydrogen-bond donors (Lipinski definition) is 2. The quantitative estimate of drug-likeness (QED) is 0.493. The Bertz CT molecular complexity index is 1050. The summed E-state index contributed by atoms with van der Waals surface area (Å²) in [7, 11) is 0. The minimum absolute atomic E-state index is 0.0935. The summed E-state index contributed by atoms with van der Waals surface area (Å²) in [6.07, 6.45) is 0.252. The van der Waals surface area contributed by atoms with Crippen LogP contribution < -0.4 is 16.4 Å². The molecule has 28 heavy (non-hydrogen) atoms. The fourth-order valence-electron chi connectivity index (χ4n) is 2.64. The summed E-state index contributed by atoms with van der Waals surface area (Å²) in [5.74, 6) is -0.277. The Kier molecular flexibility index (Phi) is 6.44. The summed E-state index contributed by atoms with van der Waals surface area (Å²) in [6.45, 7) is 2.12. The fraction of sp³-hybridized carbons (Fsp3) is 0.200. The summed E-state index contributed by atoms with van der Waals surface area (Å²) in [5, 5.41) is 5.00. The standard InChI is InChI=1S/C20H20N4O3S/c1-2-24-20(27)16-11-7-6-10-15(16)18(23-24)19(26)22-21-17(25)12-13-28-14-8-4-3-5-9-14/h3-11H,2,12-13H2,1H3,(H,21,25)(H,22,26). The molecule has 0 atom stereocenters. The minimum Gasteiger partial charge on any atom is -0.273 e. The normalized spacial score (nSPS) is 10.6. The molecule has 0 aliphatic carbocycles. The molecule has 0 aliphatic heterocycles. The molecule has 0 aliphatic rings. The number of carbonyl (C=O) groups excluding carboxylic acids is 2. The molecule has 0 radical (unpaired) electrons. The highest BCUT2D eigenvalue weighted by molar-refractivity contribution is 7.99. The van der Waals surface area contributed by atoms with Gasteiger partial charge >= 0.3 is 0 Å². The number of aryl methyl sites for hydroxylation is 1. The number of fused-ring (bicyclic) bond motifs is 1. The molecule has 3 aromatic rings. The molecule has 0 saturated carbocycles. The van der Waals surface area contributed by atoms with E-state index in [4.69, 9.17) is 0 Å². The number of amides is 2. The van der Waals surface area contributed by atoms with Crippen molar-refractivity contribution in [1.29, 1.82) is 0 Å². The number of benzene rings is 2. The van der Waals surface area contributed by atoms with Crippen LogP contribution in [-0.2, 0) is 11.3 Å². The van der Waals surface area contributed by atoms with Crippen molar-refractivity contribution in [3.63, 3.8) is 0 Å². The number of aromatic nitrogens is 2. The van der Waals surface area contributed by atoms with Crippen molar-refractivity contribution in [1.82, 2.24) is 20.6 Å². The van der Waals surface area contributed by atoms with Gasteiger partial charge in [0.25, 0.3) is 11.5 Å². The van der Waals surface area contributed by atoms with E-state index in [0.29, 0.717) is 23.1 Å². The van der Waals surface area contributed by atoms with Crippen molar-refractivity contribution in [2.24, 2.45) is 0 Å². The van der Waals surface area contributed by atoms with Gasteiger partial charge in [-0.25, -0.2) is 4.68 Å². The number of nitrogens with one attached hydrogen (secondary N) is 2. The molecule has 2 N–H and O–H groups in total. The van der Waals surface area contributed by atoms with Gasteiger partial charge in [-0.1, -0.05) is 36.4 Å². The monoisotopic (exact) mass is 396 g/mol. The summed E-state index contributed by atoms with van der Waals surface area (Å²) in [5.41, 5.74) is 4.63. The van der Waals surface area contributed by atoms with Gasteiger partial charge in [-0.2, -0.15) is 5.10 Å². The van der Waals surface area contributed by atoms with Crippen LogP contribution in [0.15, 0.2) is 64.3 Å².